The highest BCUT2D eigenvalue weighted by Gasteiger charge is 2.18. The van der Waals surface area contributed by atoms with Gasteiger partial charge < -0.3 is 10.1 Å². The summed E-state index contributed by atoms with van der Waals surface area (Å²) < 4.78 is 19.5. The van der Waals surface area contributed by atoms with E-state index in [0.717, 1.165) is 31.5 Å². The molecule has 3 heteroatoms. The summed E-state index contributed by atoms with van der Waals surface area (Å²) in [5.41, 5.74) is 0.836. The average molecular weight is 237 g/mol. The fourth-order valence-corrected chi connectivity index (χ4v) is 2.32. The van der Waals surface area contributed by atoms with Crippen LogP contribution < -0.4 is 10.1 Å². The van der Waals surface area contributed by atoms with Gasteiger partial charge in [0.25, 0.3) is 0 Å². The first-order valence-electron chi connectivity index (χ1n) is 6.33. The van der Waals surface area contributed by atoms with Crippen LogP contribution in [-0.4, -0.2) is 19.2 Å². The van der Waals surface area contributed by atoms with Gasteiger partial charge in [-0.05, 0) is 57.3 Å². The van der Waals surface area contributed by atoms with Crippen molar-refractivity contribution in [2.75, 3.05) is 13.1 Å². The summed E-state index contributed by atoms with van der Waals surface area (Å²) in [5.74, 6) is 0.842. The molecule has 1 aliphatic rings. The third kappa shape index (κ3) is 3.19. The van der Waals surface area contributed by atoms with Gasteiger partial charge in [0.15, 0.2) is 0 Å². The molecule has 2 rings (SSSR count). The standard InChI is InChI=1S/C14H20FNO/c1-10(2)17-12-3-4-13(14(15)9-12)11-5-7-16-8-6-11/h3-4,9-11,16H,5-8H2,1-2H3. The molecule has 1 aromatic rings. The van der Waals surface area contributed by atoms with E-state index in [0.29, 0.717) is 11.7 Å². The number of halogens is 1. The lowest BCUT2D eigenvalue weighted by Crippen LogP contribution is -2.27. The minimum Gasteiger partial charge on any atom is -0.491 e. The third-order valence-electron chi connectivity index (χ3n) is 3.12. The van der Waals surface area contributed by atoms with Crippen molar-refractivity contribution >= 4 is 0 Å². The number of hydrogen-bond acceptors (Lipinski definition) is 2. The summed E-state index contributed by atoms with van der Waals surface area (Å²) in [6.45, 7) is 5.85. The van der Waals surface area contributed by atoms with Crippen LogP contribution in [0.15, 0.2) is 18.2 Å². The van der Waals surface area contributed by atoms with Crippen molar-refractivity contribution in [2.45, 2.75) is 38.7 Å². The van der Waals surface area contributed by atoms with E-state index in [9.17, 15) is 4.39 Å². The van der Waals surface area contributed by atoms with Crippen LogP contribution in [0, 0.1) is 5.82 Å². The molecule has 17 heavy (non-hydrogen) atoms. The Morgan fingerprint density at radius 3 is 2.59 bits per heavy atom. The number of nitrogens with one attached hydrogen (secondary N) is 1. The van der Waals surface area contributed by atoms with E-state index in [-0.39, 0.29) is 11.9 Å². The van der Waals surface area contributed by atoms with E-state index >= 15 is 0 Å². The lowest BCUT2D eigenvalue weighted by atomic mass is 9.90. The van der Waals surface area contributed by atoms with Gasteiger partial charge in [-0.15, -0.1) is 0 Å². The van der Waals surface area contributed by atoms with Gasteiger partial charge in [-0.1, -0.05) is 6.07 Å². The number of benzene rings is 1. The number of rotatable bonds is 3. The second-order valence-corrected chi connectivity index (χ2v) is 4.87. The lowest BCUT2D eigenvalue weighted by molar-refractivity contribution is 0.241. The van der Waals surface area contributed by atoms with Crippen LogP contribution >= 0.6 is 0 Å². The molecule has 0 spiro atoms. The summed E-state index contributed by atoms with van der Waals surface area (Å²) >= 11 is 0. The Morgan fingerprint density at radius 2 is 2.00 bits per heavy atom. The molecule has 1 N–H and O–H groups in total. The zero-order chi connectivity index (χ0) is 12.3. The molecule has 94 valence electrons. The quantitative estimate of drug-likeness (QED) is 0.872. The van der Waals surface area contributed by atoms with Gasteiger partial charge in [0, 0.05) is 6.07 Å². The van der Waals surface area contributed by atoms with Gasteiger partial charge in [0.05, 0.1) is 6.10 Å². The van der Waals surface area contributed by atoms with Crippen molar-refractivity contribution in [3.63, 3.8) is 0 Å². The van der Waals surface area contributed by atoms with E-state index in [2.05, 4.69) is 5.32 Å². The predicted octanol–water partition coefficient (Wildman–Crippen LogP) is 3.08. The molecular weight excluding hydrogens is 217 g/mol. The molecule has 0 amide bonds. The first-order chi connectivity index (χ1) is 8.16. The van der Waals surface area contributed by atoms with Crippen LogP contribution in [0.3, 0.4) is 0 Å². The summed E-state index contributed by atoms with van der Waals surface area (Å²) in [5, 5.41) is 3.29. The SMILES string of the molecule is CC(C)Oc1ccc(C2CCNCC2)c(F)c1. The molecule has 1 fully saturated rings. The summed E-state index contributed by atoms with van der Waals surface area (Å²) in [6, 6.07) is 5.26. The maximum Gasteiger partial charge on any atom is 0.130 e. The maximum absolute atomic E-state index is 14.0. The fourth-order valence-electron chi connectivity index (χ4n) is 2.32. The third-order valence-corrected chi connectivity index (χ3v) is 3.12. The van der Waals surface area contributed by atoms with Gasteiger partial charge in [0.2, 0.25) is 0 Å². The number of piperidine rings is 1. The van der Waals surface area contributed by atoms with Crippen molar-refractivity contribution in [2.24, 2.45) is 0 Å². The molecule has 2 nitrogen and oxygen atoms in total. The molecule has 0 bridgehead atoms. The number of hydrogen-bond donors (Lipinski definition) is 1. The van der Waals surface area contributed by atoms with Crippen molar-refractivity contribution in [3.05, 3.63) is 29.6 Å². The Bertz CT molecular complexity index is 372. The highest BCUT2D eigenvalue weighted by molar-refractivity contribution is 5.31. The van der Waals surface area contributed by atoms with E-state index in [4.69, 9.17) is 4.74 Å². The smallest absolute Gasteiger partial charge is 0.130 e. The van der Waals surface area contributed by atoms with Crippen LogP contribution in [-0.2, 0) is 0 Å². The molecule has 0 radical (unpaired) electrons. The van der Waals surface area contributed by atoms with Crippen LogP contribution in [0.1, 0.15) is 38.2 Å². The molecule has 1 heterocycles. The Balaban J connectivity index is 2.13. The molecule has 1 aromatic carbocycles. The van der Waals surface area contributed by atoms with Crippen LogP contribution in [0.4, 0.5) is 4.39 Å². The van der Waals surface area contributed by atoms with Gasteiger partial charge in [-0.3, -0.25) is 0 Å². The van der Waals surface area contributed by atoms with Gasteiger partial charge >= 0.3 is 0 Å². The van der Waals surface area contributed by atoms with Gasteiger partial charge in [0.1, 0.15) is 11.6 Å². The van der Waals surface area contributed by atoms with Gasteiger partial charge in [-0.2, -0.15) is 0 Å². The second-order valence-electron chi connectivity index (χ2n) is 4.87. The van der Waals surface area contributed by atoms with Crippen LogP contribution in [0.25, 0.3) is 0 Å². The Kier molecular flexibility index (Phi) is 4.00. The van der Waals surface area contributed by atoms with Crippen molar-refractivity contribution in [3.8, 4) is 5.75 Å². The largest absolute Gasteiger partial charge is 0.491 e. The van der Waals surface area contributed by atoms with Crippen molar-refractivity contribution < 1.29 is 9.13 Å². The zero-order valence-electron chi connectivity index (χ0n) is 10.5. The molecule has 1 aliphatic heterocycles. The van der Waals surface area contributed by atoms with Gasteiger partial charge in [-0.25, -0.2) is 4.39 Å². The van der Waals surface area contributed by atoms with Crippen molar-refractivity contribution in [1.29, 1.82) is 0 Å². The van der Waals surface area contributed by atoms with E-state index < -0.39 is 0 Å². The fraction of sp³-hybridized carbons (Fsp3) is 0.571. The maximum atomic E-state index is 14.0. The molecule has 0 aliphatic carbocycles. The van der Waals surface area contributed by atoms with Crippen LogP contribution in [0.2, 0.25) is 0 Å². The number of ether oxygens (including phenoxy) is 1. The molecular formula is C14H20FNO. The monoisotopic (exact) mass is 237 g/mol. The predicted molar refractivity (Wildman–Crippen MR) is 67.0 cm³/mol. The van der Waals surface area contributed by atoms with Crippen LogP contribution in [0.5, 0.6) is 5.75 Å². The van der Waals surface area contributed by atoms with Crippen molar-refractivity contribution in [1.82, 2.24) is 5.32 Å². The second kappa shape index (κ2) is 5.50. The molecule has 0 unspecified atom stereocenters. The summed E-state index contributed by atoms with van der Waals surface area (Å²) in [6.07, 6.45) is 2.11. The lowest BCUT2D eigenvalue weighted by Gasteiger charge is -2.23. The molecule has 0 saturated carbocycles. The highest BCUT2D eigenvalue weighted by atomic mass is 19.1. The van der Waals surface area contributed by atoms with E-state index in [1.807, 2.05) is 26.0 Å². The minimum absolute atomic E-state index is 0.0825. The molecule has 0 atom stereocenters. The summed E-state index contributed by atoms with van der Waals surface area (Å²) in [4.78, 5) is 0. The zero-order valence-corrected chi connectivity index (χ0v) is 10.5. The minimum atomic E-state index is -0.130. The highest BCUT2D eigenvalue weighted by Crippen LogP contribution is 2.29. The van der Waals surface area contributed by atoms with E-state index in [1.54, 1.807) is 0 Å². The normalized spacial score (nSPS) is 17.4. The first kappa shape index (κ1) is 12.4. The topological polar surface area (TPSA) is 21.3 Å². The first-order valence-corrected chi connectivity index (χ1v) is 6.33. The Labute approximate surface area is 102 Å². The molecule has 1 saturated heterocycles. The average Bonchev–Trinajstić information content (AvgIpc) is 2.29. The Hall–Kier alpha value is -1.09. The molecule has 0 aromatic heterocycles. The Morgan fingerprint density at radius 1 is 1.29 bits per heavy atom. The van der Waals surface area contributed by atoms with E-state index in [1.165, 1.54) is 6.07 Å². The summed E-state index contributed by atoms with van der Waals surface area (Å²) in [7, 11) is 0.